The minimum absolute atomic E-state index is 0.0251. The maximum Gasteiger partial charge on any atom is 0.251 e. The Morgan fingerprint density at radius 2 is 2.15 bits per heavy atom. The van der Waals surface area contributed by atoms with E-state index in [1.54, 1.807) is 0 Å². The van der Waals surface area contributed by atoms with Crippen LogP contribution in [-0.2, 0) is 9.59 Å². The van der Waals surface area contributed by atoms with Gasteiger partial charge in [0.1, 0.15) is 0 Å². The van der Waals surface area contributed by atoms with Crippen LogP contribution >= 0.6 is 0 Å². The molecule has 1 atom stereocenters. The number of carbonyl (C=O) groups is 2. The first-order valence-corrected chi connectivity index (χ1v) is 7.28. The van der Waals surface area contributed by atoms with Crippen molar-refractivity contribution in [3.8, 4) is 0 Å². The van der Waals surface area contributed by atoms with E-state index in [0.29, 0.717) is 5.71 Å². The van der Waals surface area contributed by atoms with Crippen molar-refractivity contribution in [3.05, 3.63) is 35.1 Å². The zero-order chi connectivity index (χ0) is 13.7. The summed E-state index contributed by atoms with van der Waals surface area (Å²) in [5, 5.41) is 2.96. The van der Waals surface area contributed by atoms with E-state index in [1.165, 1.54) is 5.57 Å². The molecule has 4 heteroatoms. The van der Waals surface area contributed by atoms with Gasteiger partial charge in [-0.2, -0.15) is 0 Å². The second kappa shape index (κ2) is 4.27. The second-order valence-corrected chi connectivity index (χ2v) is 5.90. The third-order valence-electron chi connectivity index (χ3n) is 4.43. The minimum Gasteiger partial charge on any atom is -0.325 e. The zero-order valence-electron chi connectivity index (χ0n) is 11.2. The van der Waals surface area contributed by atoms with Crippen molar-refractivity contribution in [2.24, 2.45) is 16.8 Å². The van der Waals surface area contributed by atoms with Gasteiger partial charge in [-0.25, -0.2) is 4.99 Å². The first kappa shape index (κ1) is 11.8. The van der Waals surface area contributed by atoms with Crippen molar-refractivity contribution >= 4 is 17.5 Å². The summed E-state index contributed by atoms with van der Waals surface area (Å²) in [4.78, 5) is 27.9. The summed E-state index contributed by atoms with van der Waals surface area (Å²) in [6, 6.07) is 0. The summed E-state index contributed by atoms with van der Waals surface area (Å²) in [7, 11) is 0. The van der Waals surface area contributed by atoms with Gasteiger partial charge in [-0.05, 0) is 49.8 Å². The predicted molar refractivity (Wildman–Crippen MR) is 74.9 cm³/mol. The van der Waals surface area contributed by atoms with E-state index in [2.05, 4.69) is 16.4 Å². The molecule has 0 aromatic heterocycles. The molecular weight excluding hydrogens is 252 g/mol. The Kier molecular flexibility index (Phi) is 2.52. The molecule has 0 aromatic rings. The lowest BCUT2D eigenvalue weighted by molar-refractivity contribution is -0.119. The van der Waals surface area contributed by atoms with Gasteiger partial charge in [-0.3, -0.25) is 9.59 Å². The number of fused-ring (bicyclic) bond motifs is 2. The Hall–Kier alpha value is -1.97. The molecule has 1 fully saturated rings. The van der Waals surface area contributed by atoms with Gasteiger partial charge < -0.3 is 5.32 Å². The molecule has 1 unspecified atom stereocenters. The summed E-state index contributed by atoms with van der Waals surface area (Å²) >= 11 is 0. The Morgan fingerprint density at radius 3 is 2.95 bits per heavy atom. The maximum atomic E-state index is 12.0. The predicted octanol–water partition coefficient (Wildman–Crippen LogP) is 2.04. The summed E-state index contributed by atoms with van der Waals surface area (Å²) < 4.78 is 0. The standard InChI is InChI=1S/C16H16N2O2/c19-15(9-4-5-9)17-10-6-7-12-11-2-1-3-13(11)16(20)18-14(12)8-10/h6-9,12H,1-5H2,(H,18,20). The quantitative estimate of drug-likeness (QED) is 0.791. The van der Waals surface area contributed by atoms with Gasteiger partial charge in [-0.1, -0.05) is 6.08 Å². The molecule has 1 saturated carbocycles. The van der Waals surface area contributed by atoms with E-state index in [0.717, 1.165) is 43.4 Å². The summed E-state index contributed by atoms with van der Waals surface area (Å²) in [6.07, 6.45) is 10.7. The average molecular weight is 268 g/mol. The summed E-state index contributed by atoms with van der Waals surface area (Å²) in [6.45, 7) is 0. The van der Waals surface area contributed by atoms with E-state index >= 15 is 0 Å². The van der Waals surface area contributed by atoms with Gasteiger partial charge >= 0.3 is 0 Å². The van der Waals surface area contributed by atoms with E-state index in [1.807, 2.05) is 12.2 Å². The smallest absolute Gasteiger partial charge is 0.251 e. The molecule has 4 aliphatic rings. The van der Waals surface area contributed by atoms with Crippen LogP contribution in [0, 0.1) is 11.8 Å². The Labute approximate surface area is 117 Å². The third kappa shape index (κ3) is 1.87. The van der Waals surface area contributed by atoms with Crippen LogP contribution in [0.25, 0.3) is 0 Å². The molecule has 0 aromatic carbocycles. The molecule has 0 bridgehead atoms. The van der Waals surface area contributed by atoms with Crippen LogP contribution in [-0.4, -0.2) is 17.5 Å². The molecule has 4 rings (SSSR count). The molecule has 1 aliphatic heterocycles. The molecule has 3 aliphatic carbocycles. The third-order valence-corrected chi connectivity index (χ3v) is 4.43. The van der Waals surface area contributed by atoms with Crippen LogP contribution in [0.4, 0.5) is 0 Å². The van der Waals surface area contributed by atoms with E-state index in [9.17, 15) is 9.59 Å². The lowest BCUT2D eigenvalue weighted by Gasteiger charge is -2.28. The molecule has 0 spiro atoms. The number of rotatable bonds is 1. The Morgan fingerprint density at radius 1 is 1.30 bits per heavy atom. The number of amides is 2. The summed E-state index contributed by atoms with van der Waals surface area (Å²) in [5.74, 6) is 0.323. The number of hydrogen-bond acceptors (Lipinski definition) is 2. The highest BCUT2D eigenvalue weighted by atomic mass is 16.2. The molecule has 0 saturated heterocycles. The first-order valence-electron chi connectivity index (χ1n) is 7.28. The Bertz CT molecular complexity index is 633. The van der Waals surface area contributed by atoms with E-state index in [4.69, 9.17) is 0 Å². The van der Waals surface area contributed by atoms with Crippen molar-refractivity contribution in [2.75, 3.05) is 0 Å². The number of nitrogens with one attached hydrogen (secondary N) is 1. The van der Waals surface area contributed by atoms with Gasteiger partial charge in [-0.15, -0.1) is 0 Å². The van der Waals surface area contributed by atoms with Gasteiger partial charge in [0.05, 0.1) is 5.71 Å². The largest absolute Gasteiger partial charge is 0.325 e. The van der Waals surface area contributed by atoms with E-state index < -0.39 is 0 Å². The van der Waals surface area contributed by atoms with Gasteiger partial charge in [0.25, 0.3) is 5.91 Å². The lowest BCUT2D eigenvalue weighted by Crippen LogP contribution is -2.35. The van der Waals surface area contributed by atoms with Crippen LogP contribution < -0.4 is 5.32 Å². The van der Waals surface area contributed by atoms with Crippen LogP contribution in [0.5, 0.6) is 0 Å². The Balaban J connectivity index is 1.65. The zero-order valence-corrected chi connectivity index (χ0v) is 11.2. The average Bonchev–Trinajstić information content (AvgIpc) is 3.16. The number of allylic oxidation sites excluding steroid dienone is 3. The fraction of sp³-hybridized carbons (Fsp3) is 0.438. The molecule has 4 nitrogen and oxygen atoms in total. The highest BCUT2D eigenvalue weighted by Crippen LogP contribution is 2.39. The van der Waals surface area contributed by atoms with Crippen LogP contribution in [0.2, 0.25) is 0 Å². The SMILES string of the molecule is O=C1NC2=CC(=NC(=O)C3CC3)C=CC2C2=C1CCC2. The van der Waals surface area contributed by atoms with Crippen molar-refractivity contribution in [3.63, 3.8) is 0 Å². The topological polar surface area (TPSA) is 58.5 Å². The molecule has 0 radical (unpaired) electrons. The fourth-order valence-electron chi connectivity index (χ4n) is 3.21. The molecular formula is C16H16N2O2. The second-order valence-electron chi connectivity index (χ2n) is 5.90. The van der Waals surface area contributed by atoms with Crippen molar-refractivity contribution < 1.29 is 9.59 Å². The van der Waals surface area contributed by atoms with E-state index in [-0.39, 0.29) is 23.7 Å². The van der Waals surface area contributed by atoms with Gasteiger partial charge in [0, 0.05) is 23.1 Å². The van der Waals surface area contributed by atoms with Gasteiger partial charge in [0.2, 0.25) is 5.91 Å². The minimum atomic E-state index is -0.0251. The molecule has 1 heterocycles. The molecule has 102 valence electrons. The lowest BCUT2D eigenvalue weighted by atomic mass is 9.85. The number of hydrogen-bond donors (Lipinski definition) is 1. The van der Waals surface area contributed by atoms with Crippen molar-refractivity contribution in [2.45, 2.75) is 32.1 Å². The highest BCUT2D eigenvalue weighted by molar-refractivity contribution is 6.12. The molecule has 2 amide bonds. The summed E-state index contributed by atoms with van der Waals surface area (Å²) in [5.41, 5.74) is 3.76. The monoisotopic (exact) mass is 268 g/mol. The van der Waals surface area contributed by atoms with Crippen molar-refractivity contribution in [1.82, 2.24) is 5.32 Å². The number of nitrogens with zero attached hydrogens (tertiary/aromatic N) is 1. The number of aliphatic imine (C=N–C) groups is 1. The van der Waals surface area contributed by atoms with Crippen LogP contribution in [0.3, 0.4) is 0 Å². The van der Waals surface area contributed by atoms with Crippen LogP contribution in [0.15, 0.2) is 40.1 Å². The number of carbonyl (C=O) groups excluding carboxylic acids is 2. The van der Waals surface area contributed by atoms with Gasteiger partial charge in [0.15, 0.2) is 0 Å². The normalized spacial score (nSPS) is 30.0. The van der Waals surface area contributed by atoms with Crippen molar-refractivity contribution in [1.29, 1.82) is 0 Å². The highest BCUT2D eigenvalue weighted by Gasteiger charge is 2.34. The first-order chi connectivity index (χ1) is 9.72. The maximum absolute atomic E-state index is 12.0. The molecule has 1 N–H and O–H groups in total. The van der Waals surface area contributed by atoms with Crippen LogP contribution in [0.1, 0.15) is 32.1 Å². The molecule has 20 heavy (non-hydrogen) atoms. The fourth-order valence-corrected chi connectivity index (χ4v) is 3.21.